The molecule has 27 heavy (non-hydrogen) atoms. The Hall–Kier alpha value is -2.44. The van der Waals surface area contributed by atoms with E-state index in [1.54, 1.807) is 12.4 Å². The average Bonchev–Trinajstić information content (AvgIpc) is 2.69. The van der Waals surface area contributed by atoms with Crippen molar-refractivity contribution in [2.75, 3.05) is 30.3 Å². The molecule has 0 aliphatic heterocycles. The Morgan fingerprint density at radius 3 is 2.70 bits per heavy atom. The number of halogens is 1. The minimum Gasteiger partial charge on any atom is -0.395 e. The molecule has 1 aromatic carbocycles. The van der Waals surface area contributed by atoms with Crippen molar-refractivity contribution in [3.8, 4) is 0 Å². The lowest BCUT2D eigenvalue weighted by molar-refractivity contribution is 0.311. The molecule has 3 aromatic rings. The summed E-state index contributed by atoms with van der Waals surface area (Å²) in [7, 11) is 0. The number of anilines is 2. The van der Waals surface area contributed by atoms with Crippen molar-refractivity contribution in [1.29, 1.82) is 0 Å². The van der Waals surface area contributed by atoms with Crippen LogP contribution in [0, 0.1) is 0 Å². The molecule has 0 saturated heterocycles. The number of aryl methyl sites for hydroxylation is 1. The Bertz CT molecular complexity index is 874. The number of rotatable bonds is 10. The van der Waals surface area contributed by atoms with E-state index < -0.39 is 0 Å². The van der Waals surface area contributed by atoms with Gasteiger partial charge < -0.3 is 15.7 Å². The van der Waals surface area contributed by atoms with Crippen LogP contribution in [-0.4, -0.2) is 39.8 Å². The van der Waals surface area contributed by atoms with E-state index >= 15 is 0 Å². The fraction of sp³-hybridized carbons (Fsp3) is 0.350. The third-order valence-electron chi connectivity index (χ3n) is 4.24. The van der Waals surface area contributed by atoms with E-state index in [0.29, 0.717) is 17.5 Å². The second kappa shape index (κ2) is 10.0. The Balaban J connectivity index is 1.41. The highest BCUT2D eigenvalue weighted by molar-refractivity contribution is 6.31. The van der Waals surface area contributed by atoms with E-state index in [-0.39, 0.29) is 6.61 Å². The molecule has 7 heteroatoms. The van der Waals surface area contributed by atoms with Crippen LogP contribution in [0.15, 0.2) is 42.7 Å². The lowest BCUT2D eigenvalue weighted by Crippen LogP contribution is -2.09. The number of aliphatic hydroxyl groups excluding tert-OH is 1. The maximum absolute atomic E-state index is 8.84. The summed E-state index contributed by atoms with van der Waals surface area (Å²) in [6.45, 7) is 1.44. The highest BCUT2D eigenvalue weighted by atomic mass is 35.5. The maximum atomic E-state index is 8.84. The van der Waals surface area contributed by atoms with Crippen LogP contribution >= 0.6 is 11.6 Å². The molecule has 0 bridgehead atoms. The van der Waals surface area contributed by atoms with Crippen LogP contribution < -0.4 is 10.6 Å². The fourth-order valence-corrected chi connectivity index (χ4v) is 3.06. The molecular formula is C20H24ClN5O. The smallest absolute Gasteiger partial charge is 0.222 e. The first-order valence-corrected chi connectivity index (χ1v) is 9.59. The van der Waals surface area contributed by atoms with Gasteiger partial charge in [-0.25, -0.2) is 9.97 Å². The lowest BCUT2D eigenvalue weighted by Gasteiger charge is -2.09. The molecule has 0 radical (unpaired) electrons. The zero-order chi connectivity index (χ0) is 18.9. The van der Waals surface area contributed by atoms with E-state index in [1.165, 1.54) is 0 Å². The molecule has 2 aromatic heterocycles. The quantitative estimate of drug-likeness (QED) is 0.459. The summed E-state index contributed by atoms with van der Waals surface area (Å²) in [6, 6.07) is 9.72. The van der Waals surface area contributed by atoms with Gasteiger partial charge in [-0.05, 0) is 49.6 Å². The molecule has 0 aliphatic rings. The average molecular weight is 386 g/mol. The maximum Gasteiger partial charge on any atom is 0.222 e. The number of hydrogen-bond donors (Lipinski definition) is 3. The monoisotopic (exact) mass is 385 g/mol. The van der Waals surface area contributed by atoms with Gasteiger partial charge in [-0.3, -0.25) is 4.98 Å². The van der Waals surface area contributed by atoms with Gasteiger partial charge in [0.25, 0.3) is 0 Å². The van der Waals surface area contributed by atoms with Gasteiger partial charge in [-0.15, -0.1) is 0 Å². The number of fused-ring (bicyclic) bond motifs is 1. The highest BCUT2D eigenvalue weighted by Gasteiger charge is 2.03. The molecule has 0 fully saturated rings. The molecule has 0 amide bonds. The van der Waals surface area contributed by atoms with Crippen LogP contribution in [0.4, 0.5) is 11.6 Å². The van der Waals surface area contributed by atoms with Crippen molar-refractivity contribution < 1.29 is 5.11 Å². The summed E-state index contributed by atoms with van der Waals surface area (Å²) in [5, 5.41) is 17.1. The molecular weight excluding hydrogens is 362 g/mol. The predicted molar refractivity (Wildman–Crippen MR) is 110 cm³/mol. The minimum absolute atomic E-state index is 0.0698. The number of nitrogens with one attached hydrogen (secondary N) is 2. The number of pyridine rings is 1. The standard InChI is InChI=1S/C20H24ClN5O/c21-15-5-6-17-18(8-11-23-19(17)14-15)22-9-3-1-2-4-16-7-10-24-20(26-16)25-12-13-27/h5-8,10-11,14,27H,1-4,9,12-13H2,(H,22,23)(H,24,25,26). The van der Waals surface area contributed by atoms with Crippen molar-refractivity contribution in [3.63, 3.8) is 0 Å². The van der Waals surface area contributed by atoms with Gasteiger partial charge in [0.2, 0.25) is 5.95 Å². The van der Waals surface area contributed by atoms with Crippen LogP contribution in [-0.2, 0) is 6.42 Å². The normalized spacial score (nSPS) is 10.9. The van der Waals surface area contributed by atoms with Gasteiger partial charge in [0.15, 0.2) is 0 Å². The predicted octanol–water partition coefficient (Wildman–Crippen LogP) is 3.91. The van der Waals surface area contributed by atoms with E-state index in [1.807, 2.05) is 30.3 Å². The fourth-order valence-electron chi connectivity index (χ4n) is 2.89. The van der Waals surface area contributed by atoms with Gasteiger partial charge in [-0.2, -0.15) is 0 Å². The van der Waals surface area contributed by atoms with Crippen LogP contribution in [0.5, 0.6) is 0 Å². The molecule has 3 N–H and O–H groups in total. The van der Waals surface area contributed by atoms with Gasteiger partial charge in [0.1, 0.15) is 0 Å². The van der Waals surface area contributed by atoms with Crippen LogP contribution in [0.1, 0.15) is 25.0 Å². The second-order valence-electron chi connectivity index (χ2n) is 6.28. The molecule has 0 unspecified atom stereocenters. The van der Waals surface area contributed by atoms with Crippen molar-refractivity contribution >= 4 is 34.1 Å². The number of aromatic nitrogens is 3. The first-order chi connectivity index (χ1) is 13.3. The van der Waals surface area contributed by atoms with Crippen molar-refractivity contribution in [2.24, 2.45) is 0 Å². The molecule has 142 valence electrons. The summed E-state index contributed by atoms with van der Waals surface area (Å²) >= 11 is 6.03. The molecule has 2 heterocycles. The second-order valence-corrected chi connectivity index (χ2v) is 6.72. The van der Waals surface area contributed by atoms with Crippen molar-refractivity contribution in [3.05, 3.63) is 53.4 Å². The number of unbranched alkanes of at least 4 members (excludes halogenated alkanes) is 2. The molecule has 0 saturated carbocycles. The minimum atomic E-state index is 0.0698. The lowest BCUT2D eigenvalue weighted by atomic mass is 10.1. The highest BCUT2D eigenvalue weighted by Crippen LogP contribution is 2.24. The molecule has 3 rings (SSSR count). The zero-order valence-corrected chi connectivity index (χ0v) is 15.9. The Morgan fingerprint density at radius 2 is 1.81 bits per heavy atom. The largest absolute Gasteiger partial charge is 0.395 e. The molecule has 0 atom stereocenters. The zero-order valence-electron chi connectivity index (χ0n) is 15.2. The van der Waals surface area contributed by atoms with Gasteiger partial charge >= 0.3 is 0 Å². The first-order valence-electron chi connectivity index (χ1n) is 9.21. The molecule has 6 nitrogen and oxygen atoms in total. The van der Waals surface area contributed by atoms with Gasteiger partial charge in [-0.1, -0.05) is 18.0 Å². The Kier molecular flexibility index (Phi) is 7.19. The third kappa shape index (κ3) is 5.77. The first kappa shape index (κ1) is 19.3. The summed E-state index contributed by atoms with van der Waals surface area (Å²) in [5.74, 6) is 0.577. The van der Waals surface area contributed by atoms with E-state index in [9.17, 15) is 0 Å². The number of aliphatic hydroxyl groups is 1. The summed E-state index contributed by atoms with van der Waals surface area (Å²) < 4.78 is 0. The summed E-state index contributed by atoms with van der Waals surface area (Å²) in [4.78, 5) is 13.0. The van der Waals surface area contributed by atoms with E-state index in [0.717, 1.165) is 54.5 Å². The number of nitrogens with zero attached hydrogens (tertiary/aromatic N) is 3. The Morgan fingerprint density at radius 1 is 0.926 bits per heavy atom. The summed E-state index contributed by atoms with van der Waals surface area (Å²) in [6.07, 6.45) is 7.75. The van der Waals surface area contributed by atoms with E-state index in [4.69, 9.17) is 16.7 Å². The van der Waals surface area contributed by atoms with Gasteiger partial charge in [0, 0.05) is 47.3 Å². The number of hydrogen-bond acceptors (Lipinski definition) is 6. The SMILES string of the molecule is OCCNc1nccc(CCCCCNc2ccnc3cc(Cl)ccc23)n1. The van der Waals surface area contributed by atoms with Gasteiger partial charge in [0.05, 0.1) is 12.1 Å². The van der Waals surface area contributed by atoms with E-state index in [2.05, 4.69) is 25.6 Å². The third-order valence-corrected chi connectivity index (χ3v) is 4.47. The topological polar surface area (TPSA) is 83.0 Å². The van der Waals surface area contributed by atoms with Crippen LogP contribution in [0.3, 0.4) is 0 Å². The van der Waals surface area contributed by atoms with Crippen molar-refractivity contribution in [1.82, 2.24) is 15.0 Å². The van der Waals surface area contributed by atoms with Crippen LogP contribution in [0.25, 0.3) is 10.9 Å². The molecule has 0 aliphatic carbocycles. The van der Waals surface area contributed by atoms with Crippen molar-refractivity contribution in [2.45, 2.75) is 25.7 Å². The van der Waals surface area contributed by atoms with Crippen LogP contribution in [0.2, 0.25) is 5.02 Å². The molecule has 0 spiro atoms. The number of benzene rings is 1. The summed E-state index contributed by atoms with van der Waals surface area (Å²) in [5.41, 5.74) is 3.02. The Labute approximate surface area is 164 Å².